The van der Waals surface area contributed by atoms with Crippen LogP contribution < -0.4 is 5.73 Å². The van der Waals surface area contributed by atoms with E-state index in [0.717, 1.165) is 24.2 Å². The standard InChI is InChI=1S/C13H23N3O/c14-13-11(6-5-9-17)10-15-16(13)12-7-3-1-2-4-8-12/h10,12,17H,1-9,14H2. The first-order valence-corrected chi connectivity index (χ1v) is 6.75. The molecule has 0 unspecified atom stereocenters. The molecule has 0 radical (unpaired) electrons. The van der Waals surface area contributed by atoms with Crippen LogP contribution in [-0.4, -0.2) is 21.5 Å². The van der Waals surface area contributed by atoms with Gasteiger partial charge in [-0.25, -0.2) is 4.68 Å². The summed E-state index contributed by atoms with van der Waals surface area (Å²) >= 11 is 0. The molecular weight excluding hydrogens is 214 g/mol. The van der Waals surface area contributed by atoms with E-state index in [4.69, 9.17) is 10.8 Å². The minimum Gasteiger partial charge on any atom is -0.396 e. The molecule has 1 aromatic rings. The van der Waals surface area contributed by atoms with Crippen molar-refractivity contribution in [1.82, 2.24) is 9.78 Å². The lowest BCUT2D eigenvalue weighted by Crippen LogP contribution is -2.13. The summed E-state index contributed by atoms with van der Waals surface area (Å²) in [6.45, 7) is 0.216. The van der Waals surface area contributed by atoms with E-state index in [2.05, 4.69) is 5.10 Å². The second-order valence-electron chi connectivity index (χ2n) is 4.97. The molecule has 3 N–H and O–H groups in total. The number of hydrogen-bond donors (Lipinski definition) is 2. The minimum absolute atomic E-state index is 0.216. The molecule has 0 bridgehead atoms. The van der Waals surface area contributed by atoms with E-state index in [-0.39, 0.29) is 6.61 Å². The van der Waals surface area contributed by atoms with Crippen molar-refractivity contribution in [2.75, 3.05) is 12.3 Å². The van der Waals surface area contributed by atoms with E-state index in [9.17, 15) is 0 Å². The Hall–Kier alpha value is -1.03. The summed E-state index contributed by atoms with van der Waals surface area (Å²) in [5, 5.41) is 13.3. The number of nitrogen functional groups attached to an aromatic ring is 1. The first-order chi connectivity index (χ1) is 8.33. The molecule has 2 rings (SSSR count). The van der Waals surface area contributed by atoms with Crippen LogP contribution in [0.1, 0.15) is 56.6 Å². The lowest BCUT2D eigenvalue weighted by atomic mass is 10.1. The monoisotopic (exact) mass is 237 g/mol. The van der Waals surface area contributed by atoms with Gasteiger partial charge in [0, 0.05) is 12.2 Å². The Labute approximate surface area is 103 Å². The Morgan fingerprint density at radius 2 is 2.00 bits per heavy atom. The largest absolute Gasteiger partial charge is 0.396 e. The van der Waals surface area contributed by atoms with Crippen LogP contribution in [0.25, 0.3) is 0 Å². The fourth-order valence-electron chi connectivity index (χ4n) is 2.66. The van der Waals surface area contributed by atoms with Crippen LogP contribution >= 0.6 is 0 Å². The first kappa shape index (κ1) is 12.4. The average Bonchev–Trinajstić information content (AvgIpc) is 2.58. The molecule has 0 aromatic carbocycles. The lowest BCUT2D eigenvalue weighted by Gasteiger charge is -2.16. The van der Waals surface area contributed by atoms with Crippen LogP contribution in [0.3, 0.4) is 0 Å². The van der Waals surface area contributed by atoms with Crippen LogP contribution in [0.15, 0.2) is 6.20 Å². The molecule has 17 heavy (non-hydrogen) atoms. The number of aliphatic hydroxyl groups is 1. The van der Waals surface area contributed by atoms with E-state index in [1.807, 2.05) is 10.9 Å². The van der Waals surface area contributed by atoms with Gasteiger partial charge in [-0.05, 0) is 25.7 Å². The minimum atomic E-state index is 0.216. The number of rotatable bonds is 4. The highest BCUT2D eigenvalue weighted by Gasteiger charge is 2.18. The number of nitrogens with two attached hydrogens (primary N) is 1. The van der Waals surface area contributed by atoms with Crippen molar-refractivity contribution in [2.24, 2.45) is 0 Å². The Morgan fingerprint density at radius 3 is 2.65 bits per heavy atom. The van der Waals surface area contributed by atoms with Gasteiger partial charge in [0.1, 0.15) is 5.82 Å². The molecule has 96 valence electrons. The maximum atomic E-state index is 8.84. The summed E-state index contributed by atoms with van der Waals surface area (Å²) in [5.74, 6) is 0.811. The third-order valence-corrected chi connectivity index (χ3v) is 3.69. The normalized spacial score (nSPS) is 18.2. The van der Waals surface area contributed by atoms with Gasteiger partial charge in [-0.1, -0.05) is 25.7 Å². The summed E-state index contributed by atoms with van der Waals surface area (Å²) < 4.78 is 2.01. The summed E-state index contributed by atoms with van der Waals surface area (Å²) in [7, 11) is 0. The molecule has 0 spiro atoms. The number of nitrogens with zero attached hydrogens (tertiary/aromatic N) is 2. The molecule has 1 aliphatic rings. The van der Waals surface area contributed by atoms with E-state index in [1.165, 1.54) is 38.5 Å². The van der Waals surface area contributed by atoms with Gasteiger partial charge in [0.05, 0.1) is 12.2 Å². The van der Waals surface area contributed by atoms with Crippen molar-refractivity contribution in [3.05, 3.63) is 11.8 Å². The number of aryl methyl sites for hydroxylation is 1. The topological polar surface area (TPSA) is 64.1 Å². The number of hydrogen-bond acceptors (Lipinski definition) is 3. The summed E-state index contributed by atoms with van der Waals surface area (Å²) in [6.07, 6.45) is 11.1. The third kappa shape index (κ3) is 3.00. The summed E-state index contributed by atoms with van der Waals surface area (Å²) in [6, 6.07) is 0.486. The van der Waals surface area contributed by atoms with Gasteiger partial charge in [0.2, 0.25) is 0 Å². The molecule has 1 aromatic heterocycles. The zero-order chi connectivity index (χ0) is 12.1. The highest BCUT2D eigenvalue weighted by molar-refractivity contribution is 5.39. The van der Waals surface area contributed by atoms with Gasteiger partial charge in [0.15, 0.2) is 0 Å². The summed E-state index contributed by atoms with van der Waals surface area (Å²) in [5.41, 5.74) is 7.23. The van der Waals surface area contributed by atoms with Gasteiger partial charge < -0.3 is 10.8 Å². The van der Waals surface area contributed by atoms with Crippen LogP contribution in [-0.2, 0) is 6.42 Å². The molecule has 1 fully saturated rings. The second-order valence-corrected chi connectivity index (χ2v) is 4.97. The SMILES string of the molecule is Nc1c(CCCO)cnn1C1CCCCCC1. The zero-order valence-corrected chi connectivity index (χ0v) is 10.4. The van der Waals surface area contributed by atoms with Crippen molar-refractivity contribution in [3.63, 3.8) is 0 Å². The molecule has 1 heterocycles. The molecule has 0 aliphatic heterocycles. The highest BCUT2D eigenvalue weighted by atomic mass is 16.2. The fraction of sp³-hybridized carbons (Fsp3) is 0.769. The van der Waals surface area contributed by atoms with Crippen molar-refractivity contribution in [3.8, 4) is 0 Å². The second kappa shape index (κ2) is 6.05. The van der Waals surface area contributed by atoms with Gasteiger partial charge in [-0.3, -0.25) is 0 Å². The number of aliphatic hydroxyl groups excluding tert-OH is 1. The quantitative estimate of drug-likeness (QED) is 0.790. The number of anilines is 1. The van der Waals surface area contributed by atoms with Crippen LogP contribution in [0.4, 0.5) is 5.82 Å². The molecule has 0 saturated heterocycles. The van der Waals surface area contributed by atoms with Crippen molar-refractivity contribution < 1.29 is 5.11 Å². The smallest absolute Gasteiger partial charge is 0.125 e. The number of aromatic nitrogens is 2. The lowest BCUT2D eigenvalue weighted by molar-refractivity contribution is 0.288. The van der Waals surface area contributed by atoms with Gasteiger partial charge in [0.25, 0.3) is 0 Å². The predicted molar refractivity (Wildman–Crippen MR) is 68.8 cm³/mol. The van der Waals surface area contributed by atoms with E-state index in [1.54, 1.807) is 0 Å². The van der Waals surface area contributed by atoms with Crippen LogP contribution in [0, 0.1) is 0 Å². The van der Waals surface area contributed by atoms with Crippen molar-refractivity contribution in [1.29, 1.82) is 0 Å². The fourth-order valence-corrected chi connectivity index (χ4v) is 2.66. The Bertz CT molecular complexity index is 340. The molecular formula is C13H23N3O. The Balaban J connectivity index is 2.06. The average molecular weight is 237 g/mol. The Morgan fingerprint density at radius 1 is 1.29 bits per heavy atom. The van der Waals surface area contributed by atoms with Crippen molar-refractivity contribution in [2.45, 2.75) is 57.4 Å². The van der Waals surface area contributed by atoms with Gasteiger partial charge in [-0.2, -0.15) is 5.10 Å². The molecule has 1 saturated carbocycles. The van der Waals surface area contributed by atoms with E-state index in [0.29, 0.717) is 6.04 Å². The molecule has 0 amide bonds. The van der Waals surface area contributed by atoms with E-state index < -0.39 is 0 Å². The third-order valence-electron chi connectivity index (χ3n) is 3.69. The Kier molecular flexibility index (Phi) is 4.42. The molecule has 1 aliphatic carbocycles. The predicted octanol–water partition coefficient (Wildman–Crippen LogP) is 2.29. The first-order valence-electron chi connectivity index (χ1n) is 6.75. The molecule has 4 nitrogen and oxygen atoms in total. The molecule has 0 atom stereocenters. The maximum absolute atomic E-state index is 8.84. The van der Waals surface area contributed by atoms with Crippen molar-refractivity contribution >= 4 is 5.82 Å². The van der Waals surface area contributed by atoms with Crippen LogP contribution in [0.5, 0.6) is 0 Å². The zero-order valence-electron chi connectivity index (χ0n) is 10.4. The summed E-state index contributed by atoms with van der Waals surface area (Å²) in [4.78, 5) is 0. The van der Waals surface area contributed by atoms with Crippen LogP contribution in [0.2, 0.25) is 0 Å². The highest BCUT2D eigenvalue weighted by Crippen LogP contribution is 2.29. The van der Waals surface area contributed by atoms with Gasteiger partial charge >= 0.3 is 0 Å². The maximum Gasteiger partial charge on any atom is 0.125 e. The van der Waals surface area contributed by atoms with Gasteiger partial charge in [-0.15, -0.1) is 0 Å². The van der Waals surface area contributed by atoms with E-state index >= 15 is 0 Å². The molecule has 4 heteroatoms.